The van der Waals surface area contributed by atoms with Gasteiger partial charge in [0.25, 0.3) is 0 Å². The number of ether oxygens (including phenoxy) is 1. The third-order valence-electron chi connectivity index (χ3n) is 7.90. The van der Waals surface area contributed by atoms with Crippen LogP contribution in [0.25, 0.3) is 10.9 Å². The molecule has 4 rings (SSSR count). The number of morpholine rings is 1. The summed E-state index contributed by atoms with van der Waals surface area (Å²) in [5.74, 6) is -0.638. The molecule has 2 fully saturated rings. The number of carbonyl (C=O) groups excluding carboxylic acids is 3. The summed E-state index contributed by atoms with van der Waals surface area (Å²) in [4.78, 5) is 45.6. The topological polar surface area (TPSA) is 110 Å². The Morgan fingerprint density at radius 3 is 2.55 bits per heavy atom. The van der Waals surface area contributed by atoms with E-state index in [9.17, 15) is 19.5 Å². The number of ketones is 2. The van der Waals surface area contributed by atoms with Crippen molar-refractivity contribution in [1.29, 1.82) is 0 Å². The first kappa shape index (κ1) is 28.4. The number of benzene rings is 1. The number of fused-ring (bicyclic) bond motifs is 1. The zero-order chi connectivity index (χ0) is 27.4. The highest BCUT2D eigenvalue weighted by Gasteiger charge is 2.36. The molecule has 1 aliphatic carbocycles. The lowest BCUT2D eigenvalue weighted by Gasteiger charge is -2.39. The van der Waals surface area contributed by atoms with Gasteiger partial charge in [-0.15, -0.1) is 0 Å². The lowest BCUT2D eigenvalue weighted by Crippen LogP contribution is -2.54. The van der Waals surface area contributed by atoms with E-state index >= 15 is 0 Å². The van der Waals surface area contributed by atoms with E-state index in [1.54, 1.807) is 18.3 Å². The minimum Gasteiger partial charge on any atom is -0.393 e. The van der Waals surface area contributed by atoms with Crippen molar-refractivity contribution >= 4 is 45.2 Å². The normalized spacial score (nSPS) is 21.4. The summed E-state index contributed by atoms with van der Waals surface area (Å²) in [6.07, 6.45) is 4.61. The molecular formula is C28H36ClN3O6. The second-order valence-corrected chi connectivity index (χ2v) is 10.9. The molecule has 2 heterocycles. The minimum absolute atomic E-state index is 0.0190. The number of aromatic nitrogens is 1. The molecule has 1 aliphatic heterocycles. The van der Waals surface area contributed by atoms with E-state index in [1.165, 1.54) is 0 Å². The van der Waals surface area contributed by atoms with Gasteiger partial charge in [0.15, 0.2) is 5.78 Å². The fourth-order valence-corrected chi connectivity index (χ4v) is 5.63. The minimum atomic E-state index is -1.14. The summed E-state index contributed by atoms with van der Waals surface area (Å²) in [6, 6.07) is 5.43. The smallest absolute Gasteiger partial charge is 0.393 e. The molecule has 206 valence electrons. The molecule has 0 radical (unpaired) electrons. The maximum Gasteiger partial charge on any atom is 0.429 e. The van der Waals surface area contributed by atoms with Gasteiger partial charge in [0.05, 0.1) is 24.9 Å². The molecule has 0 spiro atoms. The molecule has 2 aromatic rings. The van der Waals surface area contributed by atoms with Crippen LogP contribution in [0.5, 0.6) is 0 Å². The summed E-state index contributed by atoms with van der Waals surface area (Å²) in [6.45, 7) is 8.91. The molecule has 0 amide bonds. The predicted octanol–water partition coefficient (Wildman–Crippen LogP) is 4.81. The van der Waals surface area contributed by atoms with Crippen molar-refractivity contribution in [2.75, 3.05) is 26.3 Å². The van der Waals surface area contributed by atoms with E-state index in [2.05, 4.69) is 14.9 Å². The fraction of sp³-hybridized carbons (Fsp3) is 0.571. The van der Waals surface area contributed by atoms with Crippen molar-refractivity contribution < 1.29 is 29.1 Å². The quantitative estimate of drug-likeness (QED) is 0.158. The Morgan fingerprint density at radius 2 is 1.89 bits per heavy atom. The molecular weight excluding hydrogens is 510 g/mol. The highest BCUT2D eigenvalue weighted by molar-refractivity contribution is 6.61. The number of aryl methyl sites for hydroxylation is 1. The van der Waals surface area contributed by atoms with Crippen LogP contribution in [0.2, 0.25) is 0 Å². The number of aliphatic hydroxyl groups excluding tert-OH is 1. The number of Topliss-reactive ketones (excluding diaryl/α,β-unsaturated/α-hetero) is 2. The molecule has 1 aromatic carbocycles. The Balaban J connectivity index is 1.71. The highest BCUT2D eigenvalue weighted by atomic mass is 35.5. The van der Waals surface area contributed by atoms with Crippen LogP contribution in [0.3, 0.4) is 0 Å². The zero-order valence-electron chi connectivity index (χ0n) is 22.2. The van der Waals surface area contributed by atoms with Crippen LogP contribution in [-0.4, -0.2) is 75.2 Å². The molecule has 2 atom stereocenters. The summed E-state index contributed by atoms with van der Waals surface area (Å²) in [5, 5.41) is 14.9. The van der Waals surface area contributed by atoms with Crippen LogP contribution >= 0.6 is 11.6 Å². The Labute approximate surface area is 227 Å². The van der Waals surface area contributed by atoms with Crippen LogP contribution in [0, 0.1) is 5.92 Å². The Morgan fingerprint density at radius 1 is 1.18 bits per heavy atom. The first-order valence-corrected chi connectivity index (χ1v) is 13.7. The van der Waals surface area contributed by atoms with Crippen molar-refractivity contribution in [3.8, 4) is 0 Å². The van der Waals surface area contributed by atoms with Gasteiger partial charge in [0.1, 0.15) is 5.71 Å². The highest BCUT2D eigenvalue weighted by Crippen LogP contribution is 2.31. The van der Waals surface area contributed by atoms with E-state index in [0.717, 1.165) is 24.8 Å². The fourth-order valence-electron chi connectivity index (χ4n) is 5.59. The maximum absolute atomic E-state index is 13.8. The summed E-state index contributed by atoms with van der Waals surface area (Å²) in [7, 11) is 0. The Hall–Kier alpha value is -2.59. The van der Waals surface area contributed by atoms with Crippen molar-refractivity contribution in [2.24, 2.45) is 11.1 Å². The third kappa shape index (κ3) is 6.01. The maximum atomic E-state index is 13.8. The number of hydrogen-bond donors (Lipinski definition) is 1. The number of carbonyl (C=O) groups is 3. The summed E-state index contributed by atoms with van der Waals surface area (Å²) < 4.78 is 7.39. The van der Waals surface area contributed by atoms with Crippen molar-refractivity contribution in [2.45, 2.75) is 71.1 Å². The van der Waals surface area contributed by atoms with Crippen LogP contribution in [0.15, 0.2) is 29.6 Å². The van der Waals surface area contributed by atoms with E-state index < -0.39 is 22.9 Å². The van der Waals surface area contributed by atoms with Gasteiger partial charge in [-0.1, -0.05) is 18.0 Å². The molecule has 9 nitrogen and oxygen atoms in total. The van der Waals surface area contributed by atoms with Crippen molar-refractivity contribution in [3.63, 3.8) is 0 Å². The van der Waals surface area contributed by atoms with Gasteiger partial charge in [-0.3, -0.25) is 14.5 Å². The number of nitrogens with zero attached hydrogens (tertiary/aromatic N) is 3. The van der Waals surface area contributed by atoms with E-state index in [4.69, 9.17) is 16.3 Å². The summed E-state index contributed by atoms with van der Waals surface area (Å²) >= 11 is 5.35. The molecule has 38 heavy (non-hydrogen) atoms. The van der Waals surface area contributed by atoms with Gasteiger partial charge in [-0.05, 0) is 57.7 Å². The van der Waals surface area contributed by atoms with Gasteiger partial charge in [-0.25, -0.2) is 4.79 Å². The summed E-state index contributed by atoms with van der Waals surface area (Å²) in [5.41, 5.74) is -0.199. The molecule has 1 saturated heterocycles. The van der Waals surface area contributed by atoms with Crippen LogP contribution in [0.4, 0.5) is 4.79 Å². The standard InChI is InChI=1S/C28H36ClN3O6/c1-4-31-17-21(25(34)22(30-38-27(29)36)16-18-7-5-6-8-24(18)33)20-15-19(9-10-23(20)31)26(35)28(2,3)32-11-13-37-14-12-32/h9-10,15,17-18,24,33H,4-8,11-14,16H2,1-3H3/b30-22+. The van der Waals surface area contributed by atoms with E-state index in [1.807, 2.05) is 31.4 Å². The second-order valence-electron chi connectivity index (χ2n) is 10.6. The SMILES string of the molecule is CCn1cc(C(=O)/C(CC2CCCCC2O)=N/OC(=O)Cl)c2cc(C(=O)C(C)(C)N3CCOCC3)ccc21. The van der Waals surface area contributed by atoms with Crippen LogP contribution < -0.4 is 0 Å². The van der Waals surface area contributed by atoms with Crippen molar-refractivity contribution in [3.05, 3.63) is 35.5 Å². The third-order valence-corrected chi connectivity index (χ3v) is 7.97. The lowest BCUT2D eigenvalue weighted by molar-refractivity contribution is -0.00429. The number of rotatable bonds is 9. The van der Waals surface area contributed by atoms with E-state index in [0.29, 0.717) is 55.8 Å². The molecule has 2 unspecified atom stereocenters. The molecule has 2 aliphatic rings. The monoisotopic (exact) mass is 545 g/mol. The number of halogens is 1. The van der Waals surface area contributed by atoms with Gasteiger partial charge in [0, 0.05) is 65.9 Å². The van der Waals surface area contributed by atoms with Gasteiger partial charge >= 0.3 is 5.43 Å². The molecule has 1 N–H and O–H groups in total. The number of oxime groups is 1. The lowest BCUT2D eigenvalue weighted by atomic mass is 9.82. The Bertz CT molecular complexity index is 1230. The molecule has 1 saturated carbocycles. The van der Waals surface area contributed by atoms with Crippen LogP contribution in [-0.2, 0) is 16.1 Å². The molecule has 1 aromatic heterocycles. The number of hydrogen-bond acceptors (Lipinski definition) is 8. The number of aliphatic hydroxyl groups is 1. The molecule has 10 heteroatoms. The van der Waals surface area contributed by atoms with Crippen molar-refractivity contribution in [1.82, 2.24) is 9.47 Å². The first-order valence-electron chi connectivity index (χ1n) is 13.3. The average Bonchev–Trinajstić information content (AvgIpc) is 3.29. The van der Waals surface area contributed by atoms with Gasteiger partial charge in [0.2, 0.25) is 5.78 Å². The van der Waals surface area contributed by atoms with E-state index in [-0.39, 0.29) is 23.8 Å². The average molecular weight is 546 g/mol. The molecule has 0 bridgehead atoms. The largest absolute Gasteiger partial charge is 0.429 e. The van der Waals surface area contributed by atoms with Crippen LogP contribution in [0.1, 0.15) is 73.6 Å². The predicted molar refractivity (Wildman–Crippen MR) is 145 cm³/mol. The zero-order valence-corrected chi connectivity index (χ0v) is 23.0. The Kier molecular flexibility index (Phi) is 9.03. The van der Waals surface area contributed by atoms with Gasteiger partial charge < -0.3 is 19.2 Å². The van der Waals surface area contributed by atoms with Gasteiger partial charge in [-0.2, -0.15) is 0 Å². The first-order chi connectivity index (χ1) is 18.1. The second kappa shape index (κ2) is 12.1.